The number of benzene rings is 1. The van der Waals surface area contributed by atoms with Crippen LogP contribution in [0.2, 0.25) is 5.15 Å². The van der Waals surface area contributed by atoms with E-state index in [4.69, 9.17) is 11.6 Å². The maximum atomic E-state index is 13.2. The van der Waals surface area contributed by atoms with Crippen molar-refractivity contribution >= 4 is 17.2 Å². The molecular formula is C13H10ClFN4. The molecule has 0 aliphatic carbocycles. The molecule has 3 rings (SSSR count). The molecule has 0 aliphatic heterocycles. The summed E-state index contributed by atoms with van der Waals surface area (Å²) in [6, 6.07) is 6.20. The van der Waals surface area contributed by atoms with Crippen LogP contribution in [0.4, 0.5) is 4.39 Å². The third-order valence-electron chi connectivity index (χ3n) is 2.96. The van der Waals surface area contributed by atoms with Gasteiger partial charge in [0, 0.05) is 11.6 Å². The second kappa shape index (κ2) is 4.28. The maximum Gasteiger partial charge on any atom is 0.170 e. The minimum Gasteiger partial charge on any atom is -0.263 e. The highest BCUT2D eigenvalue weighted by Crippen LogP contribution is 2.24. The SMILES string of the molecule is Cc1cc(F)ccc1-c1nnc2cc(Cl)nc(C)n12. The molecule has 0 N–H and O–H groups in total. The van der Waals surface area contributed by atoms with E-state index in [0.717, 1.165) is 11.1 Å². The average molecular weight is 277 g/mol. The summed E-state index contributed by atoms with van der Waals surface area (Å²) in [6.07, 6.45) is 0. The zero-order valence-electron chi connectivity index (χ0n) is 10.4. The zero-order valence-corrected chi connectivity index (χ0v) is 11.1. The van der Waals surface area contributed by atoms with Gasteiger partial charge in [0.15, 0.2) is 11.5 Å². The molecular weight excluding hydrogens is 267 g/mol. The lowest BCUT2D eigenvalue weighted by Gasteiger charge is -2.06. The molecule has 1 aromatic carbocycles. The van der Waals surface area contributed by atoms with Gasteiger partial charge in [0.1, 0.15) is 16.8 Å². The number of halogens is 2. The van der Waals surface area contributed by atoms with Crippen LogP contribution in [0.15, 0.2) is 24.3 Å². The Morgan fingerprint density at radius 1 is 1.16 bits per heavy atom. The largest absolute Gasteiger partial charge is 0.263 e. The molecule has 0 atom stereocenters. The summed E-state index contributed by atoms with van der Waals surface area (Å²) in [5.74, 6) is 1.05. The summed E-state index contributed by atoms with van der Waals surface area (Å²) in [6.45, 7) is 3.66. The lowest BCUT2D eigenvalue weighted by atomic mass is 10.1. The summed E-state index contributed by atoms with van der Waals surface area (Å²) < 4.78 is 15.0. The minimum atomic E-state index is -0.270. The van der Waals surface area contributed by atoms with Gasteiger partial charge in [-0.3, -0.25) is 4.40 Å². The van der Waals surface area contributed by atoms with Crippen molar-refractivity contribution in [1.29, 1.82) is 0 Å². The van der Waals surface area contributed by atoms with Crippen molar-refractivity contribution in [1.82, 2.24) is 19.6 Å². The van der Waals surface area contributed by atoms with E-state index >= 15 is 0 Å². The van der Waals surface area contributed by atoms with E-state index in [-0.39, 0.29) is 5.82 Å². The van der Waals surface area contributed by atoms with Crippen LogP contribution in [0, 0.1) is 19.7 Å². The molecule has 19 heavy (non-hydrogen) atoms. The van der Waals surface area contributed by atoms with Gasteiger partial charge in [-0.15, -0.1) is 10.2 Å². The number of hydrogen-bond donors (Lipinski definition) is 0. The molecule has 0 saturated carbocycles. The monoisotopic (exact) mass is 276 g/mol. The van der Waals surface area contributed by atoms with Crippen molar-refractivity contribution in [3.05, 3.63) is 46.6 Å². The predicted molar refractivity (Wildman–Crippen MR) is 70.7 cm³/mol. The lowest BCUT2D eigenvalue weighted by molar-refractivity contribution is 0.627. The van der Waals surface area contributed by atoms with Gasteiger partial charge < -0.3 is 0 Å². The van der Waals surface area contributed by atoms with Crippen molar-refractivity contribution in [2.24, 2.45) is 0 Å². The molecule has 2 aromatic heterocycles. The molecule has 0 saturated heterocycles. The van der Waals surface area contributed by atoms with Crippen molar-refractivity contribution in [3.63, 3.8) is 0 Å². The van der Waals surface area contributed by atoms with Gasteiger partial charge in [0.2, 0.25) is 0 Å². The van der Waals surface area contributed by atoms with Gasteiger partial charge >= 0.3 is 0 Å². The van der Waals surface area contributed by atoms with Crippen LogP contribution < -0.4 is 0 Å². The van der Waals surface area contributed by atoms with Gasteiger partial charge in [0.05, 0.1) is 0 Å². The van der Waals surface area contributed by atoms with Gasteiger partial charge in [-0.25, -0.2) is 9.37 Å². The fraction of sp³-hybridized carbons (Fsp3) is 0.154. The number of nitrogens with zero attached hydrogens (tertiary/aromatic N) is 4. The van der Waals surface area contributed by atoms with Gasteiger partial charge in [-0.2, -0.15) is 0 Å². The van der Waals surface area contributed by atoms with Gasteiger partial charge in [0.25, 0.3) is 0 Å². The van der Waals surface area contributed by atoms with E-state index < -0.39 is 0 Å². The summed E-state index contributed by atoms with van der Waals surface area (Å²) in [5.41, 5.74) is 2.24. The molecule has 96 valence electrons. The van der Waals surface area contributed by atoms with Gasteiger partial charge in [-0.05, 0) is 37.6 Å². The zero-order chi connectivity index (χ0) is 13.6. The van der Waals surface area contributed by atoms with Crippen LogP contribution in [0.1, 0.15) is 11.4 Å². The third kappa shape index (κ3) is 1.96. The first-order chi connectivity index (χ1) is 9.06. The van der Waals surface area contributed by atoms with Crippen LogP contribution in [0.3, 0.4) is 0 Å². The van der Waals surface area contributed by atoms with Crippen molar-refractivity contribution in [2.45, 2.75) is 13.8 Å². The Bertz CT molecular complexity index is 782. The minimum absolute atomic E-state index is 0.270. The van der Waals surface area contributed by atoms with Crippen LogP contribution in [-0.2, 0) is 0 Å². The summed E-state index contributed by atoms with van der Waals surface area (Å²) >= 11 is 5.89. The van der Waals surface area contributed by atoms with Crippen molar-refractivity contribution in [3.8, 4) is 11.4 Å². The number of hydrogen-bond acceptors (Lipinski definition) is 3. The summed E-state index contributed by atoms with van der Waals surface area (Å²) in [4.78, 5) is 4.18. The van der Waals surface area contributed by atoms with Crippen LogP contribution in [0.25, 0.3) is 17.0 Å². The highest BCUT2D eigenvalue weighted by molar-refractivity contribution is 6.29. The second-order valence-corrected chi connectivity index (χ2v) is 4.69. The molecule has 0 spiro atoms. The number of rotatable bonds is 1. The lowest BCUT2D eigenvalue weighted by Crippen LogP contribution is -1.99. The molecule has 2 heterocycles. The van der Waals surface area contributed by atoms with Crippen LogP contribution in [0.5, 0.6) is 0 Å². The predicted octanol–water partition coefficient (Wildman–Crippen LogP) is 3.20. The highest BCUT2D eigenvalue weighted by atomic mass is 35.5. The molecule has 4 nitrogen and oxygen atoms in total. The van der Waals surface area contributed by atoms with Crippen LogP contribution >= 0.6 is 11.6 Å². The maximum absolute atomic E-state index is 13.2. The smallest absolute Gasteiger partial charge is 0.170 e. The summed E-state index contributed by atoms with van der Waals surface area (Å²) in [7, 11) is 0. The number of aryl methyl sites for hydroxylation is 2. The Kier molecular flexibility index (Phi) is 2.71. The van der Waals surface area contributed by atoms with E-state index in [1.54, 1.807) is 16.5 Å². The van der Waals surface area contributed by atoms with Gasteiger partial charge in [-0.1, -0.05) is 11.6 Å². The Labute approximate surface area is 113 Å². The number of aromatic nitrogens is 4. The molecule has 0 radical (unpaired) electrons. The molecule has 3 aromatic rings. The molecule has 0 bridgehead atoms. The molecule has 0 unspecified atom stereocenters. The van der Waals surface area contributed by atoms with Crippen molar-refractivity contribution in [2.75, 3.05) is 0 Å². The average Bonchev–Trinajstić information content (AvgIpc) is 2.72. The highest BCUT2D eigenvalue weighted by Gasteiger charge is 2.13. The standard InChI is InChI=1S/C13H10ClFN4/c1-7-5-9(15)3-4-10(7)13-18-17-12-6-11(14)16-8(2)19(12)13/h3-6H,1-2H3. The Morgan fingerprint density at radius 2 is 1.95 bits per heavy atom. The van der Waals surface area contributed by atoms with E-state index in [9.17, 15) is 4.39 Å². The summed E-state index contributed by atoms with van der Waals surface area (Å²) in [5, 5.41) is 8.60. The quantitative estimate of drug-likeness (QED) is 0.641. The normalized spacial score (nSPS) is 11.2. The van der Waals surface area contributed by atoms with Crippen LogP contribution in [-0.4, -0.2) is 19.6 Å². The Morgan fingerprint density at radius 3 is 2.68 bits per heavy atom. The van der Waals surface area contributed by atoms with E-state index in [2.05, 4.69) is 15.2 Å². The Hall–Kier alpha value is -2.01. The fourth-order valence-corrected chi connectivity index (χ4v) is 2.32. The van der Waals surface area contributed by atoms with E-state index in [1.807, 2.05) is 13.8 Å². The molecule has 6 heteroatoms. The molecule has 0 aliphatic rings. The fourth-order valence-electron chi connectivity index (χ4n) is 2.10. The Balaban J connectivity index is 2.31. The first-order valence-electron chi connectivity index (χ1n) is 5.71. The second-order valence-electron chi connectivity index (χ2n) is 4.30. The van der Waals surface area contributed by atoms with E-state index in [1.165, 1.54) is 12.1 Å². The first kappa shape index (κ1) is 12.0. The van der Waals surface area contributed by atoms with Crippen molar-refractivity contribution < 1.29 is 4.39 Å². The third-order valence-corrected chi connectivity index (χ3v) is 3.15. The van der Waals surface area contributed by atoms with E-state index in [0.29, 0.717) is 22.4 Å². The topological polar surface area (TPSA) is 43.1 Å². The number of fused-ring (bicyclic) bond motifs is 1. The molecule has 0 amide bonds. The molecule has 0 fully saturated rings. The first-order valence-corrected chi connectivity index (χ1v) is 6.09.